The first-order chi connectivity index (χ1) is 25.0. The van der Waals surface area contributed by atoms with Crippen LogP contribution in [-0.2, 0) is 20.2 Å². The second kappa shape index (κ2) is 17.2. The molecule has 0 spiro atoms. The zero-order valence-corrected chi connectivity index (χ0v) is 31.9. The van der Waals surface area contributed by atoms with Gasteiger partial charge < -0.3 is 30.7 Å². The topological polar surface area (TPSA) is 237 Å². The molecule has 284 valence electrons. The molecule has 0 radical (unpaired) electrons. The minimum atomic E-state index is -4.69. The van der Waals surface area contributed by atoms with Crippen molar-refractivity contribution < 1.29 is 25.9 Å². The molecule has 0 saturated carbocycles. The SMILES string of the molecule is CN1CCN(c2nc(Cl)nc(Nc3ccc(/C=C/C4=C(S(=O)(=O)O)C=CCC=C4)c(S(=O)(=O)O)c3)n2)CC1.CN1CCN(c2nc(N)nc(Cl)n2)CC1. The van der Waals surface area contributed by atoms with Gasteiger partial charge in [0, 0.05) is 58.0 Å². The maximum Gasteiger partial charge on any atom is 0.295 e. The van der Waals surface area contributed by atoms with Gasteiger partial charge in [0.05, 0.1) is 0 Å². The van der Waals surface area contributed by atoms with Gasteiger partial charge in [0.15, 0.2) is 0 Å². The molecule has 2 saturated heterocycles. The summed E-state index contributed by atoms with van der Waals surface area (Å²) in [6, 6.07) is 4.13. The van der Waals surface area contributed by atoms with Gasteiger partial charge in [0.25, 0.3) is 20.2 Å². The second-order valence-electron chi connectivity index (χ2n) is 12.1. The lowest BCUT2D eigenvalue weighted by Crippen LogP contribution is -2.45. The van der Waals surface area contributed by atoms with Crippen molar-refractivity contribution >= 4 is 79.0 Å². The predicted octanol–water partition coefficient (Wildman–Crippen LogP) is 2.80. The van der Waals surface area contributed by atoms with E-state index in [1.807, 2.05) is 11.9 Å². The van der Waals surface area contributed by atoms with Crippen LogP contribution in [0.2, 0.25) is 10.6 Å². The van der Waals surface area contributed by atoms with E-state index in [0.29, 0.717) is 31.4 Å². The minimum absolute atomic E-state index is 0.0422. The molecule has 0 unspecified atom stereocenters. The first-order valence-electron chi connectivity index (χ1n) is 16.1. The first kappa shape index (κ1) is 39.9. The van der Waals surface area contributed by atoms with E-state index in [0.717, 1.165) is 39.3 Å². The highest BCUT2D eigenvalue weighted by atomic mass is 35.5. The fraction of sp³-hybridized carbons (Fsp3) is 0.355. The predicted molar refractivity (Wildman–Crippen MR) is 204 cm³/mol. The number of nitrogens with one attached hydrogen (secondary N) is 1. The van der Waals surface area contributed by atoms with Gasteiger partial charge in [-0.15, -0.1) is 0 Å². The summed E-state index contributed by atoms with van der Waals surface area (Å²) < 4.78 is 67.3. The van der Waals surface area contributed by atoms with Crippen LogP contribution in [0.5, 0.6) is 0 Å². The Labute approximate surface area is 317 Å². The van der Waals surface area contributed by atoms with Crippen LogP contribution in [0, 0.1) is 0 Å². The standard InChI is InChI=1S/C23H25ClN6O6S2.C8H13ClN6/c1-29-11-13-30(14-12-29)23-27-21(24)26-22(28-23)25-18-10-9-17(20(15-18)38(34,35)36)8-7-16-5-3-2-4-6-19(16)37(31,32)33;1-14-2-4-15(5-3-14)8-12-6(9)11-7(10)13-8/h3-10,15H,2,11-14H2,1H3,(H,31,32,33)(H,34,35,36)(H,25,26,27,28);2-5H2,1H3,(H2,10,11,12,13)/b8-7+;. The Balaban J connectivity index is 0.000000300. The van der Waals surface area contributed by atoms with Gasteiger partial charge >= 0.3 is 0 Å². The molecule has 2 fully saturated rings. The molecule has 0 atom stereocenters. The molecule has 1 aromatic carbocycles. The third-order valence-electron chi connectivity index (χ3n) is 8.17. The Morgan fingerprint density at radius 3 is 1.87 bits per heavy atom. The Kier molecular flexibility index (Phi) is 13.0. The molecule has 0 amide bonds. The Morgan fingerprint density at radius 1 is 0.736 bits per heavy atom. The van der Waals surface area contributed by atoms with Gasteiger partial charge in [-0.05, 0) is 73.1 Å². The van der Waals surface area contributed by atoms with Crippen LogP contribution in [0.1, 0.15) is 12.0 Å². The number of likely N-dealkylation sites (N-methyl/N-ethyl adjacent to an activating group) is 2. The molecule has 3 aliphatic rings. The average molecular weight is 810 g/mol. The number of allylic oxidation sites excluding steroid dienone is 6. The maximum absolute atomic E-state index is 12.2. The van der Waals surface area contributed by atoms with E-state index >= 15 is 0 Å². The molecule has 22 heteroatoms. The van der Waals surface area contributed by atoms with E-state index in [9.17, 15) is 25.9 Å². The average Bonchev–Trinajstić information content (AvgIpc) is 3.34. The van der Waals surface area contributed by atoms with Gasteiger partial charge in [-0.1, -0.05) is 36.4 Å². The van der Waals surface area contributed by atoms with Gasteiger partial charge in [0.2, 0.25) is 34.4 Å². The van der Waals surface area contributed by atoms with Crippen LogP contribution >= 0.6 is 23.2 Å². The highest BCUT2D eigenvalue weighted by Gasteiger charge is 2.21. The highest BCUT2D eigenvalue weighted by Crippen LogP contribution is 2.27. The summed E-state index contributed by atoms with van der Waals surface area (Å²) in [4.78, 5) is 32.1. The number of hydrogen-bond acceptors (Lipinski definition) is 16. The van der Waals surface area contributed by atoms with Crippen LogP contribution in [0.3, 0.4) is 0 Å². The smallest absolute Gasteiger partial charge is 0.295 e. The molecule has 18 nitrogen and oxygen atoms in total. The van der Waals surface area contributed by atoms with Crippen LogP contribution < -0.4 is 20.9 Å². The molecule has 0 bridgehead atoms. The van der Waals surface area contributed by atoms with Crippen LogP contribution in [0.15, 0.2) is 64.0 Å². The van der Waals surface area contributed by atoms with Crippen LogP contribution in [0.4, 0.5) is 29.5 Å². The molecule has 4 heterocycles. The van der Waals surface area contributed by atoms with E-state index in [-0.39, 0.29) is 44.2 Å². The molecule has 6 rings (SSSR count). The number of nitrogen functional groups attached to an aromatic ring is 1. The third-order valence-corrected chi connectivity index (χ3v) is 10.3. The second-order valence-corrected chi connectivity index (χ2v) is 15.5. The maximum atomic E-state index is 12.2. The minimum Gasteiger partial charge on any atom is -0.368 e. The first-order valence-corrected chi connectivity index (χ1v) is 19.8. The summed E-state index contributed by atoms with van der Waals surface area (Å²) in [5.74, 6) is 1.20. The van der Waals surface area contributed by atoms with E-state index in [4.69, 9.17) is 28.9 Å². The zero-order valence-electron chi connectivity index (χ0n) is 28.7. The van der Waals surface area contributed by atoms with Crippen molar-refractivity contribution in [2.24, 2.45) is 0 Å². The molecule has 53 heavy (non-hydrogen) atoms. The Morgan fingerprint density at radius 2 is 1.30 bits per heavy atom. The van der Waals surface area contributed by atoms with E-state index in [1.54, 1.807) is 12.2 Å². The van der Waals surface area contributed by atoms with Gasteiger partial charge in [-0.3, -0.25) is 9.11 Å². The van der Waals surface area contributed by atoms with E-state index < -0.39 is 25.1 Å². The van der Waals surface area contributed by atoms with Gasteiger partial charge in [0.1, 0.15) is 9.80 Å². The van der Waals surface area contributed by atoms with E-state index in [2.05, 4.69) is 57.0 Å². The number of aromatic nitrogens is 6. The van der Waals surface area contributed by atoms with Crippen molar-refractivity contribution in [3.63, 3.8) is 0 Å². The number of piperazine rings is 2. The third kappa shape index (κ3) is 11.4. The van der Waals surface area contributed by atoms with Crippen molar-refractivity contribution in [1.82, 2.24) is 39.7 Å². The zero-order chi connectivity index (χ0) is 38.3. The molecule has 5 N–H and O–H groups in total. The number of nitrogens with two attached hydrogens (primary N) is 1. The lowest BCUT2D eigenvalue weighted by Gasteiger charge is -2.32. The largest absolute Gasteiger partial charge is 0.368 e. The fourth-order valence-corrected chi connectivity index (χ4v) is 7.06. The number of benzene rings is 1. The Bertz CT molecular complexity index is 2130. The molecule has 3 aromatic rings. The lowest BCUT2D eigenvalue weighted by molar-refractivity contribution is 0.311. The lowest BCUT2D eigenvalue weighted by atomic mass is 10.1. The summed E-state index contributed by atoms with van der Waals surface area (Å²) in [6.45, 7) is 6.80. The number of hydrogen-bond donors (Lipinski definition) is 4. The molecular formula is C31H38Cl2N12O6S2. The molecule has 1 aliphatic carbocycles. The van der Waals surface area contributed by atoms with Crippen molar-refractivity contribution in [3.8, 4) is 0 Å². The van der Waals surface area contributed by atoms with Crippen molar-refractivity contribution in [2.45, 2.75) is 11.3 Å². The summed E-state index contributed by atoms with van der Waals surface area (Å²) in [6.07, 6.45) is 9.11. The monoisotopic (exact) mass is 808 g/mol. The summed E-state index contributed by atoms with van der Waals surface area (Å²) >= 11 is 11.8. The number of nitrogens with zero attached hydrogens (tertiary/aromatic N) is 10. The van der Waals surface area contributed by atoms with E-state index in [1.165, 1.54) is 42.5 Å². The van der Waals surface area contributed by atoms with Crippen LogP contribution in [-0.4, -0.2) is 132 Å². The van der Waals surface area contributed by atoms with Crippen molar-refractivity contribution in [1.29, 1.82) is 0 Å². The van der Waals surface area contributed by atoms with Crippen molar-refractivity contribution in [3.05, 3.63) is 75.2 Å². The Hall–Kier alpha value is -4.28. The van der Waals surface area contributed by atoms with Gasteiger partial charge in [-0.2, -0.15) is 46.7 Å². The summed E-state index contributed by atoms with van der Waals surface area (Å²) in [5.41, 5.74) is 5.97. The molecule has 2 aliphatic heterocycles. The number of rotatable bonds is 8. The van der Waals surface area contributed by atoms with Crippen molar-refractivity contribution in [2.75, 3.05) is 87.3 Å². The highest BCUT2D eigenvalue weighted by molar-refractivity contribution is 7.90. The molecular weight excluding hydrogens is 771 g/mol. The van der Waals surface area contributed by atoms with Crippen LogP contribution in [0.25, 0.3) is 6.08 Å². The number of anilines is 5. The van der Waals surface area contributed by atoms with Gasteiger partial charge in [-0.25, -0.2) is 0 Å². The number of halogens is 2. The summed E-state index contributed by atoms with van der Waals surface area (Å²) in [5, 5.41) is 3.00. The quantitative estimate of drug-likeness (QED) is 0.239. The molecule has 2 aromatic heterocycles. The normalized spacial score (nSPS) is 17.5. The summed E-state index contributed by atoms with van der Waals surface area (Å²) in [7, 11) is -5.10. The fourth-order valence-electron chi connectivity index (χ4n) is 5.33.